The van der Waals surface area contributed by atoms with E-state index in [1.54, 1.807) is 0 Å². The van der Waals surface area contributed by atoms with Crippen molar-refractivity contribution in [1.82, 2.24) is 0 Å². The third-order valence-electron chi connectivity index (χ3n) is 2.59. The molecule has 0 amide bonds. The van der Waals surface area contributed by atoms with Gasteiger partial charge in [-0.1, -0.05) is 20.4 Å². The fourth-order valence-electron chi connectivity index (χ4n) is 1.69. The molecule has 1 aliphatic heterocycles. The lowest BCUT2D eigenvalue weighted by Crippen LogP contribution is -2.27. The summed E-state index contributed by atoms with van der Waals surface area (Å²) in [7, 11) is 0. The lowest BCUT2D eigenvalue weighted by molar-refractivity contribution is -0.151. The van der Waals surface area contributed by atoms with Gasteiger partial charge in [-0.25, -0.2) is 4.79 Å². The van der Waals surface area contributed by atoms with Crippen LogP contribution < -0.4 is 0 Å². The summed E-state index contributed by atoms with van der Waals surface area (Å²) in [6.07, 6.45) is 0.665. The van der Waals surface area contributed by atoms with E-state index in [9.17, 15) is 9.59 Å². The zero-order chi connectivity index (χ0) is 12.3. The second-order valence-corrected chi connectivity index (χ2v) is 4.46. The average Bonchev–Trinajstić information content (AvgIpc) is 2.44. The van der Waals surface area contributed by atoms with Gasteiger partial charge in [0.2, 0.25) is 0 Å². The molecule has 0 aromatic heterocycles. The first-order valence-corrected chi connectivity index (χ1v) is 5.46. The van der Waals surface area contributed by atoms with Crippen molar-refractivity contribution in [3.63, 3.8) is 0 Å². The molecule has 1 rings (SSSR count). The minimum Gasteiger partial charge on any atom is -0.462 e. The maximum absolute atomic E-state index is 11.1. The minimum absolute atomic E-state index is 0.202. The maximum Gasteiger partial charge on any atom is 0.333 e. The molecule has 0 radical (unpaired) electrons. The summed E-state index contributed by atoms with van der Waals surface area (Å²) in [4.78, 5) is 22.0. The highest BCUT2D eigenvalue weighted by molar-refractivity contribution is 5.89. The van der Waals surface area contributed by atoms with Gasteiger partial charge in [0.1, 0.15) is 12.2 Å². The molecule has 1 aliphatic rings. The SMILES string of the molecule is C=C1C[C@@H](C[C@@H](OC(C)=O)C(C)C)OC1=O. The molecule has 0 N–H and O–H groups in total. The lowest BCUT2D eigenvalue weighted by atomic mass is 9.99. The van der Waals surface area contributed by atoms with Gasteiger partial charge in [-0.2, -0.15) is 0 Å². The predicted molar refractivity (Wildman–Crippen MR) is 58.6 cm³/mol. The third-order valence-corrected chi connectivity index (χ3v) is 2.59. The van der Waals surface area contributed by atoms with E-state index in [0.29, 0.717) is 18.4 Å². The highest BCUT2D eigenvalue weighted by atomic mass is 16.6. The second kappa shape index (κ2) is 5.14. The second-order valence-electron chi connectivity index (χ2n) is 4.46. The monoisotopic (exact) mass is 226 g/mol. The standard InChI is InChI=1S/C12H18O4/c1-7(2)11(15-9(4)13)6-10-5-8(3)12(14)16-10/h7,10-11H,3,5-6H2,1-2,4H3/t10-,11+/m0/s1. The molecule has 1 saturated heterocycles. The highest BCUT2D eigenvalue weighted by Gasteiger charge is 2.31. The molecule has 1 fully saturated rings. The fraction of sp³-hybridized carbons (Fsp3) is 0.667. The number of hydrogen-bond acceptors (Lipinski definition) is 4. The molecule has 0 saturated carbocycles. The first-order chi connectivity index (χ1) is 7.40. The van der Waals surface area contributed by atoms with Gasteiger partial charge in [-0.05, 0) is 5.92 Å². The molecule has 90 valence electrons. The Bertz CT molecular complexity index is 290. The number of carbonyl (C=O) groups excluding carboxylic acids is 2. The van der Waals surface area contributed by atoms with E-state index in [-0.39, 0.29) is 30.1 Å². The van der Waals surface area contributed by atoms with Gasteiger partial charge in [-0.3, -0.25) is 4.79 Å². The summed E-state index contributed by atoms with van der Waals surface area (Å²) >= 11 is 0. The van der Waals surface area contributed by atoms with Crippen LogP contribution in [0.2, 0.25) is 0 Å². The Balaban J connectivity index is 2.52. The molecule has 16 heavy (non-hydrogen) atoms. The van der Waals surface area contributed by atoms with E-state index in [0.717, 1.165) is 0 Å². The van der Waals surface area contributed by atoms with E-state index in [1.807, 2.05) is 13.8 Å². The van der Waals surface area contributed by atoms with Crippen molar-refractivity contribution < 1.29 is 19.1 Å². The molecule has 4 nitrogen and oxygen atoms in total. The van der Waals surface area contributed by atoms with E-state index in [2.05, 4.69) is 6.58 Å². The van der Waals surface area contributed by atoms with E-state index in [1.165, 1.54) is 6.92 Å². The van der Waals surface area contributed by atoms with Gasteiger partial charge in [-0.15, -0.1) is 0 Å². The lowest BCUT2D eigenvalue weighted by Gasteiger charge is -2.22. The van der Waals surface area contributed by atoms with Crippen LogP contribution in [0.25, 0.3) is 0 Å². The van der Waals surface area contributed by atoms with Crippen LogP contribution in [0.15, 0.2) is 12.2 Å². The van der Waals surface area contributed by atoms with Gasteiger partial charge in [0, 0.05) is 25.3 Å². The van der Waals surface area contributed by atoms with Crippen LogP contribution in [0.1, 0.15) is 33.6 Å². The van der Waals surface area contributed by atoms with Crippen LogP contribution in [0, 0.1) is 5.92 Å². The number of ether oxygens (including phenoxy) is 2. The minimum atomic E-state index is -0.338. The topological polar surface area (TPSA) is 52.6 Å². The summed E-state index contributed by atoms with van der Waals surface area (Å²) in [6, 6.07) is 0. The Morgan fingerprint density at radius 1 is 1.62 bits per heavy atom. The molecule has 0 aromatic carbocycles. The molecule has 2 atom stereocenters. The van der Waals surface area contributed by atoms with Crippen molar-refractivity contribution in [3.8, 4) is 0 Å². The highest BCUT2D eigenvalue weighted by Crippen LogP contribution is 2.25. The number of rotatable bonds is 4. The Hall–Kier alpha value is -1.32. The first-order valence-electron chi connectivity index (χ1n) is 5.46. The van der Waals surface area contributed by atoms with Crippen molar-refractivity contribution >= 4 is 11.9 Å². The number of hydrogen-bond donors (Lipinski definition) is 0. The Labute approximate surface area is 95.6 Å². The van der Waals surface area contributed by atoms with Crippen molar-refractivity contribution in [2.75, 3.05) is 0 Å². The van der Waals surface area contributed by atoms with Crippen LogP contribution in [0.3, 0.4) is 0 Å². The Morgan fingerprint density at radius 3 is 2.62 bits per heavy atom. The van der Waals surface area contributed by atoms with Crippen molar-refractivity contribution in [2.24, 2.45) is 5.92 Å². The number of esters is 2. The smallest absolute Gasteiger partial charge is 0.333 e. The zero-order valence-corrected chi connectivity index (χ0v) is 9.99. The van der Waals surface area contributed by atoms with Gasteiger partial charge in [0.05, 0.1) is 0 Å². The van der Waals surface area contributed by atoms with Crippen molar-refractivity contribution in [3.05, 3.63) is 12.2 Å². The number of carbonyl (C=O) groups is 2. The molecule has 4 heteroatoms. The third kappa shape index (κ3) is 3.36. The summed E-state index contributed by atoms with van der Waals surface area (Å²) < 4.78 is 10.3. The average molecular weight is 226 g/mol. The molecule has 0 unspecified atom stereocenters. The number of cyclic esters (lactones) is 1. The largest absolute Gasteiger partial charge is 0.462 e. The summed E-state index contributed by atoms with van der Waals surface area (Å²) in [5.41, 5.74) is 0.496. The molecule has 1 heterocycles. The quantitative estimate of drug-likeness (QED) is 0.542. The van der Waals surface area contributed by atoms with Gasteiger partial charge in [0.15, 0.2) is 0 Å². The van der Waals surface area contributed by atoms with Crippen LogP contribution in [-0.2, 0) is 19.1 Å². The Morgan fingerprint density at radius 2 is 2.25 bits per heavy atom. The van der Waals surface area contributed by atoms with Crippen LogP contribution >= 0.6 is 0 Å². The van der Waals surface area contributed by atoms with Crippen molar-refractivity contribution in [2.45, 2.75) is 45.8 Å². The summed E-state index contributed by atoms with van der Waals surface area (Å²) in [6.45, 7) is 8.94. The fourth-order valence-corrected chi connectivity index (χ4v) is 1.69. The molecular weight excluding hydrogens is 208 g/mol. The maximum atomic E-state index is 11.1. The molecule has 0 aliphatic carbocycles. The van der Waals surface area contributed by atoms with Gasteiger partial charge < -0.3 is 9.47 Å². The normalized spacial score (nSPS) is 22.1. The van der Waals surface area contributed by atoms with E-state index in [4.69, 9.17) is 9.47 Å². The zero-order valence-electron chi connectivity index (χ0n) is 9.99. The van der Waals surface area contributed by atoms with Crippen molar-refractivity contribution in [1.29, 1.82) is 0 Å². The predicted octanol–water partition coefficient (Wildman–Crippen LogP) is 1.84. The van der Waals surface area contributed by atoms with E-state index < -0.39 is 0 Å². The van der Waals surface area contributed by atoms with Crippen LogP contribution in [0.5, 0.6) is 0 Å². The van der Waals surface area contributed by atoms with Crippen LogP contribution in [0.4, 0.5) is 0 Å². The molecule has 0 bridgehead atoms. The molecular formula is C12H18O4. The Kier molecular flexibility index (Phi) is 4.10. The van der Waals surface area contributed by atoms with Gasteiger partial charge in [0.25, 0.3) is 0 Å². The summed E-state index contributed by atoms with van der Waals surface area (Å²) in [5.74, 6) is -0.436. The summed E-state index contributed by atoms with van der Waals surface area (Å²) in [5, 5.41) is 0. The first kappa shape index (κ1) is 12.7. The van der Waals surface area contributed by atoms with Crippen LogP contribution in [-0.4, -0.2) is 24.1 Å². The van der Waals surface area contributed by atoms with E-state index >= 15 is 0 Å². The molecule has 0 aromatic rings. The molecule has 0 spiro atoms. The van der Waals surface area contributed by atoms with Gasteiger partial charge >= 0.3 is 11.9 Å².